The Balaban J connectivity index is 1.74. The summed E-state index contributed by atoms with van der Waals surface area (Å²) >= 11 is 5.90. The number of halogens is 2. The molecular weight excluding hydrogens is 337 g/mol. The van der Waals surface area contributed by atoms with Crippen molar-refractivity contribution < 1.29 is 19.1 Å². The summed E-state index contributed by atoms with van der Waals surface area (Å²) in [5.41, 5.74) is 0.249. The highest BCUT2D eigenvalue weighted by molar-refractivity contribution is 6.31. The Labute approximate surface area is 145 Å². The van der Waals surface area contributed by atoms with Crippen LogP contribution in [0.3, 0.4) is 0 Å². The van der Waals surface area contributed by atoms with Gasteiger partial charge in [-0.05, 0) is 31.5 Å². The Hall–Kier alpha value is -1.86. The average Bonchev–Trinajstić information content (AvgIpc) is 2.47. The summed E-state index contributed by atoms with van der Waals surface area (Å²) < 4.78 is 13.6. The number of carbonyl (C=O) groups is 2. The van der Waals surface area contributed by atoms with E-state index in [0.29, 0.717) is 19.4 Å². The minimum Gasteiger partial charge on any atom is -0.480 e. The number of aliphatic carboxylic acids is 1. The number of carbonyl (C=O) groups excluding carboxylic acids is 1. The summed E-state index contributed by atoms with van der Waals surface area (Å²) in [5, 5.41) is 14.5. The van der Waals surface area contributed by atoms with Crippen LogP contribution < -0.4 is 10.6 Å². The Morgan fingerprint density at radius 2 is 2.12 bits per heavy atom. The summed E-state index contributed by atoms with van der Waals surface area (Å²) in [4.78, 5) is 24.5. The first-order valence-electron chi connectivity index (χ1n) is 7.83. The normalized spacial score (nSPS) is 19.7. The van der Waals surface area contributed by atoms with Gasteiger partial charge in [0.1, 0.15) is 5.82 Å². The van der Waals surface area contributed by atoms with E-state index in [1.807, 2.05) is 11.8 Å². The van der Waals surface area contributed by atoms with E-state index in [4.69, 9.17) is 16.7 Å². The van der Waals surface area contributed by atoms with Gasteiger partial charge in [0.2, 0.25) is 0 Å². The van der Waals surface area contributed by atoms with Crippen molar-refractivity contribution in [2.24, 2.45) is 0 Å². The van der Waals surface area contributed by atoms with Gasteiger partial charge in [-0.15, -0.1) is 0 Å². The van der Waals surface area contributed by atoms with Gasteiger partial charge in [-0.2, -0.15) is 0 Å². The molecule has 132 valence electrons. The fraction of sp³-hybridized carbons (Fsp3) is 0.500. The largest absolute Gasteiger partial charge is 0.480 e. The predicted octanol–water partition coefficient (Wildman–Crippen LogP) is 2.22. The maximum atomic E-state index is 13.6. The van der Waals surface area contributed by atoms with Gasteiger partial charge in [0, 0.05) is 29.2 Å². The van der Waals surface area contributed by atoms with Crippen molar-refractivity contribution in [2.45, 2.75) is 38.4 Å². The van der Waals surface area contributed by atoms with E-state index >= 15 is 0 Å². The lowest BCUT2D eigenvalue weighted by atomic mass is 9.85. The molecule has 0 unspecified atom stereocenters. The Kier molecular flexibility index (Phi) is 6.39. The lowest BCUT2D eigenvalue weighted by molar-refractivity contribution is -0.139. The number of hydrogen-bond donors (Lipinski definition) is 3. The second-order valence-corrected chi connectivity index (χ2v) is 6.21. The molecule has 1 saturated carbocycles. The van der Waals surface area contributed by atoms with E-state index in [2.05, 4.69) is 10.6 Å². The number of urea groups is 1. The van der Waals surface area contributed by atoms with E-state index in [1.165, 1.54) is 12.1 Å². The lowest BCUT2D eigenvalue weighted by Crippen LogP contribution is -2.56. The molecule has 0 spiro atoms. The third-order valence-corrected chi connectivity index (χ3v) is 4.55. The molecule has 1 fully saturated rings. The second-order valence-electron chi connectivity index (χ2n) is 5.81. The number of nitrogens with one attached hydrogen (secondary N) is 2. The monoisotopic (exact) mass is 357 g/mol. The predicted molar refractivity (Wildman–Crippen MR) is 88.5 cm³/mol. The van der Waals surface area contributed by atoms with Crippen LogP contribution in [0.5, 0.6) is 0 Å². The molecule has 24 heavy (non-hydrogen) atoms. The summed E-state index contributed by atoms with van der Waals surface area (Å²) in [6.07, 6.45) is 1.41. The van der Waals surface area contributed by atoms with Gasteiger partial charge in [-0.3, -0.25) is 9.69 Å². The first-order valence-corrected chi connectivity index (χ1v) is 8.21. The molecule has 1 aromatic rings. The molecule has 3 N–H and O–H groups in total. The van der Waals surface area contributed by atoms with Gasteiger partial charge >= 0.3 is 12.0 Å². The van der Waals surface area contributed by atoms with Crippen molar-refractivity contribution in [1.29, 1.82) is 0 Å². The van der Waals surface area contributed by atoms with Gasteiger partial charge in [0.05, 0.1) is 6.54 Å². The van der Waals surface area contributed by atoms with Crippen LogP contribution in [0.25, 0.3) is 0 Å². The minimum absolute atomic E-state index is 0.00561. The summed E-state index contributed by atoms with van der Waals surface area (Å²) in [5.74, 6) is -1.31. The van der Waals surface area contributed by atoms with E-state index < -0.39 is 11.8 Å². The molecule has 1 aliphatic rings. The number of amides is 2. The summed E-state index contributed by atoms with van der Waals surface area (Å²) in [7, 11) is 0. The Morgan fingerprint density at radius 3 is 2.71 bits per heavy atom. The SMILES string of the molecule is CCN(CC(=O)O)C1CC(NC(=O)NCc2c(F)cccc2Cl)C1. The first-order chi connectivity index (χ1) is 11.4. The highest BCUT2D eigenvalue weighted by Crippen LogP contribution is 2.25. The topological polar surface area (TPSA) is 81.7 Å². The van der Waals surface area contributed by atoms with Crippen molar-refractivity contribution in [3.8, 4) is 0 Å². The molecular formula is C16H21ClFN3O3. The zero-order valence-electron chi connectivity index (χ0n) is 13.4. The highest BCUT2D eigenvalue weighted by Gasteiger charge is 2.34. The molecule has 2 rings (SSSR count). The van der Waals surface area contributed by atoms with Crippen molar-refractivity contribution in [2.75, 3.05) is 13.1 Å². The molecule has 6 nitrogen and oxygen atoms in total. The van der Waals surface area contributed by atoms with Crippen LogP contribution in [-0.2, 0) is 11.3 Å². The number of benzene rings is 1. The van der Waals surface area contributed by atoms with E-state index in [1.54, 1.807) is 6.07 Å². The van der Waals surface area contributed by atoms with Crippen LogP contribution in [0.4, 0.5) is 9.18 Å². The van der Waals surface area contributed by atoms with Crippen molar-refractivity contribution in [3.63, 3.8) is 0 Å². The maximum Gasteiger partial charge on any atom is 0.317 e. The third kappa shape index (κ3) is 4.82. The number of carboxylic acids is 1. The van der Waals surface area contributed by atoms with E-state index in [0.717, 1.165) is 0 Å². The van der Waals surface area contributed by atoms with E-state index in [-0.39, 0.29) is 41.8 Å². The van der Waals surface area contributed by atoms with Crippen LogP contribution >= 0.6 is 11.6 Å². The molecule has 8 heteroatoms. The van der Waals surface area contributed by atoms with Crippen LogP contribution in [0.1, 0.15) is 25.3 Å². The van der Waals surface area contributed by atoms with Crippen molar-refractivity contribution in [1.82, 2.24) is 15.5 Å². The molecule has 1 aromatic carbocycles. The molecule has 0 saturated heterocycles. The fourth-order valence-electron chi connectivity index (χ4n) is 2.78. The van der Waals surface area contributed by atoms with Crippen LogP contribution in [0.2, 0.25) is 5.02 Å². The van der Waals surface area contributed by atoms with Gasteiger partial charge in [-0.25, -0.2) is 9.18 Å². The molecule has 0 bridgehead atoms. The van der Waals surface area contributed by atoms with Gasteiger partial charge in [0.25, 0.3) is 0 Å². The number of nitrogens with zero attached hydrogens (tertiary/aromatic N) is 1. The van der Waals surface area contributed by atoms with Crippen molar-refractivity contribution >= 4 is 23.6 Å². The highest BCUT2D eigenvalue weighted by atomic mass is 35.5. The maximum absolute atomic E-state index is 13.6. The summed E-state index contributed by atoms with van der Waals surface area (Å²) in [6, 6.07) is 4.13. The smallest absolute Gasteiger partial charge is 0.317 e. The van der Waals surface area contributed by atoms with Gasteiger partial charge in [0.15, 0.2) is 0 Å². The number of hydrogen-bond acceptors (Lipinski definition) is 3. The molecule has 0 radical (unpaired) electrons. The molecule has 0 heterocycles. The molecule has 0 atom stereocenters. The quantitative estimate of drug-likeness (QED) is 0.699. The minimum atomic E-state index is -0.854. The van der Waals surface area contributed by atoms with E-state index in [9.17, 15) is 14.0 Å². The molecule has 1 aliphatic carbocycles. The number of rotatable bonds is 7. The first kappa shape index (κ1) is 18.5. The van der Waals surface area contributed by atoms with Gasteiger partial charge < -0.3 is 15.7 Å². The fourth-order valence-corrected chi connectivity index (χ4v) is 3.01. The Bertz CT molecular complexity index is 588. The van der Waals surface area contributed by atoms with Gasteiger partial charge in [-0.1, -0.05) is 24.6 Å². The summed E-state index contributed by atoms with van der Waals surface area (Å²) in [6.45, 7) is 2.58. The van der Waals surface area contributed by atoms with Crippen LogP contribution in [0, 0.1) is 5.82 Å². The molecule has 0 aromatic heterocycles. The average molecular weight is 358 g/mol. The van der Waals surface area contributed by atoms with Crippen LogP contribution in [-0.4, -0.2) is 47.2 Å². The zero-order valence-corrected chi connectivity index (χ0v) is 14.1. The second kappa shape index (κ2) is 8.30. The van der Waals surface area contributed by atoms with Crippen molar-refractivity contribution in [3.05, 3.63) is 34.6 Å². The lowest BCUT2D eigenvalue weighted by Gasteiger charge is -2.42. The zero-order chi connectivity index (χ0) is 17.7. The molecule has 0 aliphatic heterocycles. The number of carboxylic acid groups (broad SMARTS) is 1. The Morgan fingerprint density at radius 1 is 1.42 bits per heavy atom. The number of likely N-dealkylation sites (N-methyl/N-ethyl adjacent to an activating group) is 1. The van der Waals surface area contributed by atoms with Crippen LogP contribution in [0.15, 0.2) is 18.2 Å². The third-order valence-electron chi connectivity index (χ3n) is 4.20. The molecule has 2 amide bonds. The standard InChI is InChI=1S/C16H21ClFN3O3/c1-2-21(9-15(22)23)11-6-10(7-11)20-16(24)19-8-12-13(17)4-3-5-14(12)18/h3-5,10-11H,2,6-9H2,1H3,(H,22,23)(H2,19,20,24).